The molecule has 0 saturated carbocycles. The Kier molecular flexibility index (Phi) is 3.76. The minimum atomic E-state index is 0. The third kappa shape index (κ3) is 2.58. The molecule has 1 aromatic rings. The standard InChI is InChI=1S/C7H8BrN.ClH/c1-5-2-6(8)4-7(9)3-5;/h2-4H,9H2,1H3;1H. The summed E-state index contributed by atoms with van der Waals surface area (Å²) >= 11 is 3.33. The Hall–Kier alpha value is -0.210. The van der Waals surface area contributed by atoms with Gasteiger partial charge in [0.15, 0.2) is 0 Å². The second kappa shape index (κ2) is 3.84. The van der Waals surface area contributed by atoms with Gasteiger partial charge < -0.3 is 5.73 Å². The minimum absolute atomic E-state index is 0. The Balaban J connectivity index is 0.000000810. The van der Waals surface area contributed by atoms with Crippen molar-refractivity contribution >= 4 is 34.0 Å². The van der Waals surface area contributed by atoms with Gasteiger partial charge in [0.05, 0.1) is 0 Å². The summed E-state index contributed by atoms with van der Waals surface area (Å²) in [5, 5.41) is 0. The van der Waals surface area contributed by atoms with Crippen molar-refractivity contribution in [3.05, 3.63) is 28.2 Å². The summed E-state index contributed by atoms with van der Waals surface area (Å²) < 4.78 is 1.04. The predicted octanol–water partition coefficient (Wildman–Crippen LogP) is 2.76. The first-order valence-corrected chi connectivity index (χ1v) is 3.50. The molecule has 0 amide bonds. The van der Waals surface area contributed by atoms with E-state index in [2.05, 4.69) is 15.9 Å². The zero-order valence-corrected chi connectivity index (χ0v) is 8.00. The number of halogens is 2. The minimum Gasteiger partial charge on any atom is -0.399 e. The van der Waals surface area contributed by atoms with Crippen molar-refractivity contribution in [2.24, 2.45) is 0 Å². The molecule has 1 nitrogen and oxygen atoms in total. The molecule has 10 heavy (non-hydrogen) atoms. The molecule has 0 radical (unpaired) electrons. The third-order valence-electron chi connectivity index (χ3n) is 1.06. The second-order valence-electron chi connectivity index (χ2n) is 2.06. The van der Waals surface area contributed by atoms with Crippen LogP contribution in [-0.2, 0) is 0 Å². The van der Waals surface area contributed by atoms with E-state index in [0.29, 0.717) is 0 Å². The van der Waals surface area contributed by atoms with Crippen LogP contribution in [0.2, 0.25) is 0 Å². The summed E-state index contributed by atoms with van der Waals surface area (Å²) in [5.41, 5.74) is 7.52. The smallest absolute Gasteiger partial charge is 0.0327 e. The van der Waals surface area contributed by atoms with Crippen molar-refractivity contribution in [2.45, 2.75) is 6.92 Å². The molecule has 0 atom stereocenters. The number of aryl methyl sites for hydroxylation is 1. The summed E-state index contributed by atoms with van der Waals surface area (Å²) in [5.74, 6) is 0. The van der Waals surface area contributed by atoms with Crippen LogP contribution in [0.3, 0.4) is 0 Å². The molecule has 1 aromatic carbocycles. The van der Waals surface area contributed by atoms with E-state index in [1.165, 1.54) is 5.56 Å². The Bertz CT molecular complexity index is 174. The average Bonchev–Trinajstić information content (AvgIpc) is 1.59. The molecule has 1 rings (SSSR count). The maximum absolute atomic E-state index is 5.53. The molecule has 0 saturated heterocycles. The summed E-state index contributed by atoms with van der Waals surface area (Å²) in [6, 6.07) is 5.84. The number of hydrogen-bond acceptors (Lipinski definition) is 1. The Morgan fingerprint density at radius 2 is 1.90 bits per heavy atom. The first-order valence-electron chi connectivity index (χ1n) is 2.71. The van der Waals surface area contributed by atoms with Gasteiger partial charge in [-0.3, -0.25) is 0 Å². The fourth-order valence-corrected chi connectivity index (χ4v) is 1.39. The van der Waals surface area contributed by atoms with Gasteiger partial charge in [-0.1, -0.05) is 15.9 Å². The first-order chi connectivity index (χ1) is 4.18. The van der Waals surface area contributed by atoms with Crippen molar-refractivity contribution in [2.75, 3.05) is 5.73 Å². The fraction of sp³-hybridized carbons (Fsp3) is 0.143. The summed E-state index contributed by atoms with van der Waals surface area (Å²) in [6.45, 7) is 2.02. The molecule has 0 aliphatic carbocycles. The number of anilines is 1. The monoisotopic (exact) mass is 221 g/mol. The molecule has 0 heterocycles. The number of rotatable bonds is 0. The largest absolute Gasteiger partial charge is 0.399 e. The number of benzene rings is 1. The predicted molar refractivity (Wildman–Crippen MR) is 50.5 cm³/mol. The lowest BCUT2D eigenvalue weighted by molar-refractivity contribution is 1.45. The van der Waals surface area contributed by atoms with E-state index < -0.39 is 0 Å². The maximum Gasteiger partial charge on any atom is 0.0327 e. The summed E-state index contributed by atoms with van der Waals surface area (Å²) in [6.07, 6.45) is 0. The quantitative estimate of drug-likeness (QED) is 0.671. The van der Waals surface area contributed by atoms with Crippen molar-refractivity contribution in [1.82, 2.24) is 0 Å². The molecule has 0 spiro atoms. The van der Waals surface area contributed by atoms with Gasteiger partial charge in [-0.25, -0.2) is 0 Å². The molecule has 0 fully saturated rings. The van der Waals surface area contributed by atoms with Gasteiger partial charge >= 0.3 is 0 Å². The lowest BCUT2D eigenvalue weighted by Gasteiger charge is -1.95. The molecule has 3 heteroatoms. The average molecular weight is 223 g/mol. The number of hydrogen-bond donors (Lipinski definition) is 1. The third-order valence-corrected chi connectivity index (χ3v) is 1.52. The lowest BCUT2D eigenvalue weighted by atomic mass is 10.2. The van der Waals surface area contributed by atoms with Gasteiger partial charge in [-0.05, 0) is 30.7 Å². The van der Waals surface area contributed by atoms with Crippen LogP contribution in [0.25, 0.3) is 0 Å². The van der Waals surface area contributed by atoms with E-state index in [0.717, 1.165) is 10.2 Å². The highest BCUT2D eigenvalue weighted by Crippen LogP contribution is 2.15. The van der Waals surface area contributed by atoms with Crippen molar-refractivity contribution < 1.29 is 0 Å². The molecule has 0 aliphatic heterocycles. The molecule has 0 unspecified atom stereocenters. The highest BCUT2D eigenvalue weighted by atomic mass is 79.9. The highest BCUT2D eigenvalue weighted by molar-refractivity contribution is 9.10. The van der Waals surface area contributed by atoms with Crippen molar-refractivity contribution in [3.8, 4) is 0 Å². The molecule has 2 N–H and O–H groups in total. The SMILES string of the molecule is Cc1cc(N)cc(Br)c1.Cl. The second-order valence-corrected chi connectivity index (χ2v) is 2.98. The number of nitrogens with two attached hydrogens (primary N) is 1. The van der Waals surface area contributed by atoms with Crippen LogP contribution in [0.1, 0.15) is 5.56 Å². The van der Waals surface area contributed by atoms with Gasteiger partial charge in [0, 0.05) is 10.2 Å². The normalized spacial score (nSPS) is 8.60. The summed E-state index contributed by atoms with van der Waals surface area (Å²) in [4.78, 5) is 0. The molecule has 0 bridgehead atoms. The highest BCUT2D eigenvalue weighted by Gasteiger charge is 1.89. The van der Waals surface area contributed by atoms with E-state index >= 15 is 0 Å². The first kappa shape index (κ1) is 9.79. The Morgan fingerprint density at radius 1 is 1.30 bits per heavy atom. The zero-order chi connectivity index (χ0) is 6.85. The topological polar surface area (TPSA) is 26.0 Å². The van der Waals surface area contributed by atoms with E-state index in [9.17, 15) is 0 Å². The van der Waals surface area contributed by atoms with E-state index in [4.69, 9.17) is 5.73 Å². The zero-order valence-electron chi connectivity index (χ0n) is 5.60. The number of nitrogen functional groups attached to an aromatic ring is 1. The van der Waals surface area contributed by atoms with Crippen LogP contribution in [-0.4, -0.2) is 0 Å². The maximum atomic E-state index is 5.53. The van der Waals surface area contributed by atoms with Crippen LogP contribution in [0.15, 0.2) is 22.7 Å². The Morgan fingerprint density at radius 3 is 2.30 bits per heavy atom. The van der Waals surface area contributed by atoms with Crippen LogP contribution in [0.5, 0.6) is 0 Å². The van der Waals surface area contributed by atoms with E-state index in [-0.39, 0.29) is 12.4 Å². The fourth-order valence-electron chi connectivity index (χ4n) is 0.765. The molecule has 0 aliphatic rings. The van der Waals surface area contributed by atoms with Crippen molar-refractivity contribution in [3.63, 3.8) is 0 Å². The van der Waals surface area contributed by atoms with Crippen LogP contribution < -0.4 is 5.73 Å². The lowest BCUT2D eigenvalue weighted by Crippen LogP contribution is -1.84. The van der Waals surface area contributed by atoms with Crippen LogP contribution >= 0.6 is 28.3 Å². The van der Waals surface area contributed by atoms with E-state index in [1.54, 1.807) is 0 Å². The van der Waals surface area contributed by atoms with Gasteiger partial charge in [-0.2, -0.15) is 0 Å². The Labute approximate surface area is 75.2 Å². The van der Waals surface area contributed by atoms with Crippen molar-refractivity contribution in [1.29, 1.82) is 0 Å². The molecular weight excluding hydrogens is 213 g/mol. The summed E-state index contributed by atoms with van der Waals surface area (Å²) in [7, 11) is 0. The van der Waals surface area contributed by atoms with Crippen LogP contribution in [0, 0.1) is 6.92 Å². The van der Waals surface area contributed by atoms with Gasteiger partial charge in [-0.15, -0.1) is 12.4 Å². The van der Waals surface area contributed by atoms with Gasteiger partial charge in [0.25, 0.3) is 0 Å². The molecular formula is C7H9BrClN. The molecule has 0 aromatic heterocycles. The van der Waals surface area contributed by atoms with Gasteiger partial charge in [0.1, 0.15) is 0 Å². The van der Waals surface area contributed by atoms with E-state index in [1.807, 2.05) is 25.1 Å². The van der Waals surface area contributed by atoms with Crippen LogP contribution in [0.4, 0.5) is 5.69 Å². The van der Waals surface area contributed by atoms with Gasteiger partial charge in [0.2, 0.25) is 0 Å². The molecule has 56 valence electrons.